The average molecular weight is 471 g/mol. The number of aromatic carboxylic acids is 1. The number of carboxylic acids is 1. The topological polar surface area (TPSA) is 94.8 Å². The van der Waals surface area contributed by atoms with Crippen LogP contribution in [0.3, 0.4) is 0 Å². The van der Waals surface area contributed by atoms with E-state index in [-0.39, 0.29) is 17.1 Å². The fourth-order valence-electron chi connectivity index (χ4n) is 3.80. The maximum absolute atomic E-state index is 12.5. The minimum absolute atomic E-state index is 0.0953. The highest BCUT2D eigenvalue weighted by Gasteiger charge is 2.28. The molecule has 3 N–H and O–H groups in total. The summed E-state index contributed by atoms with van der Waals surface area (Å²) in [5.74, 6) is -1.02. The van der Waals surface area contributed by atoms with Gasteiger partial charge in [-0.2, -0.15) is 0 Å². The van der Waals surface area contributed by atoms with Gasteiger partial charge in [-0.1, -0.05) is 41.9 Å². The molecule has 0 saturated heterocycles. The predicted molar refractivity (Wildman–Crippen MR) is 138 cm³/mol. The Labute approximate surface area is 204 Å². The Morgan fingerprint density at radius 3 is 2.24 bits per heavy atom. The van der Waals surface area contributed by atoms with Gasteiger partial charge in [0.05, 0.1) is 5.56 Å². The molecule has 0 amide bonds. The Hall–Kier alpha value is -2.66. The van der Waals surface area contributed by atoms with Crippen LogP contribution in [0.5, 0.6) is 5.75 Å². The van der Waals surface area contributed by atoms with E-state index in [9.17, 15) is 19.8 Å². The fourth-order valence-corrected chi connectivity index (χ4v) is 3.80. The number of hydrogen-bond acceptors (Lipinski definition) is 4. The third kappa shape index (κ3) is 11.0. The first-order valence-corrected chi connectivity index (χ1v) is 12.2. The molecule has 0 heterocycles. The van der Waals surface area contributed by atoms with E-state index in [0.29, 0.717) is 31.2 Å². The zero-order chi connectivity index (χ0) is 25.7. The number of aliphatic hydroxyl groups is 1. The van der Waals surface area contributed by atoms with Gasteiger partial charge >= 0.3 is 5.97 Å². The molecule has 0 aliphatic carbocycles. The number of Topliss-reactive ketones (excluding diaryl/α,β-unsaturated/α-hetero) is 1. The number of rotatable bonds is 15. The molecule has 1 unspecified atom stereocenters. The van der Waals surface area contributed by atoms with Crippen LogP contribution < -0.4 is 0 Å². The lowest BCUT2D eigenvalue weighted by Crippen LogP contribution is -2.34. The zero-order valence-corrected chi connectivity index (χ0v) is 21.5. The molecule has 188 valence electrons. The molecule has 0 saturated carbocycles. The van der Waals surface area contributed by atoms with E-state index in [1.54, 1.807) is 6.92 Å². The standard InChI is InChI=1S/C29H42O5/c1-6-9-21(2)12-8-19-29(5,34)27(31)18-14-23(4)11-7-10-22(3)13-15-24-20-25(28(32)33)16-17-26(24)30/h9,11,13,16-17,20,30,34H,6-8,10,12,14-15,18-19H2,1-5H3,(H,32,33). The average Bonchev–Trinajstić information content (AvgIpc) is 2.76. The van der Waals surface area contributed by atoms with Crippen LogP contribution in [-0.4, -0.2) is 32.7 Å². The Morgan fingerprint density at radius 1 is 0.941 bits per heavy atom. The molecule has 1 aromatic carbocycles. The van der Waals surface area contributed by atoms with E-state index in [0.717, 1.165) is 43.3 Å². The van der Waals surface area contributed by atoms with Crippen molar-refractivity contribution in [2.45, 2.75) is 98.0 Å². The third-order valence-corrected chi connectivity index (χ3v) is 6.16. The van der Waals surface area contributed by atoms with Crippen LogP contribution in [0, 0.1) is 0 Å². The second-order valence-electron chi connectivity index (χ2n) is 9.50. The van der Waals surface area contributed by atoms with Crippen molar-refractivity contribution in [3.05, 3.63) is 64.3 Å². The second kappa shape index (κ2) is 14.6. The van der Waals surface area contributed by atoms with Gasteiger partial charge in [0, 0.05) is 6.42 Å². The molecule has 34 heavy (non-hydrogen) atoms. The van der Waals surface area contributed by atoms with E-state index in [1.807, 2.05) is 19.9 Å². The fraction of sp³-hybridized carbons (Fsp3) is 0.517. The van der Waals surface area contributed by atoms with Crippen molar-refractivity contribution in [3.63, 3.8) is 0 Å². The van der Waals surface area contributed by atoms with Crippen molar-refractivity contribution in [2.75, 3.05) is 0 Å². The van der Waals surface area contributed by atoms with Crippen molar-refractivity contribution >= 4 is 11.8 Å². The summed E-state index contributed by atoms with van der Waals surface area (Å²) >= 11 is 0. The second-order valence-corrected chi connectivity index (χ2v) is 9.50. The molecule has 0 spiro atoms. The van der Waals surface area contributed by atoms with Crippen molar-refractivity contribution in [1.29, 1.82) is 0 Å². The normalized spacial score (nSPS) is 14.7. The molecule has 0 aliphatic heterocycles. The van der Waals surface area contributed by atoms with Crippen LogP contribution in [0.2, 0.25) is 0 Å². The molecular weight excluding hydrogens is 428 g/mol. The van der Waals surface area contributed by atoms with Gasteiger partial charge in [0.2, 0.25) is 0 Å². The van der Waals surface area contributed by atoms with E-state index < -0.39 is 11.6 Å². The van der Waals surface area contributed by atoms with E-state index in [4.69, 9.17) is 5.11 Å². The van der Waals surface area contributed by atoms with Gasteiger partial charge in [0.25, 0.3) is 0 Å². The largest absolute Gasteiger partial charge is 0.508 e. The number of aromatic hydroxyl groups is 1. The van der Waals surface area contributed by atoms with Gasteiger partial charge < -0.3 is 15.3 Å². The first-order valence-electron chi connectivity index (χ1n) is 12.2. The highest BCUT2D eigenvalue weighted by Crippen LogP contribution is 2.22. The summed E-state index contributed by atoms with van der Waals surface area (Å²) in [6.45, 7) is 9.84. The molecule has 0 radical (unpaired) electrons. The lowest BCUT2D eigenvalue weighted by molar-refractivity contribution is -0.136. The highest BCUT2D eigenvalue weighted by atomic mass is 16.4. The number of allylic oxidation sites excluding steroid dienone is 6. The Kier molecular flexibility index (Phi) is 12.6. The van der Waals surface area contributed by atoms with E-state index >= 15 is 0 Å². The number of carbonyl (C=O) groups excluding carboxylic acids is 1. The van der Waals surface area contributed by atoms with Crippen LogP contribution in [0.1, 0.15) is 102 Å². The Morgan fingerprint density at radius 2 is 1.59 bits per heavy atom. The molecule has 0 aliphatic rings. The SMILES string of the molecule is CCC=C(C)CCCC(C)(O)C(=O)CCC(C)=CCCC(C)=CCc1cc(C(=O)O)ccc1O. The quantitative estimate of drug-likeness (QED) is 0.242. The molecule has 0 fully saturated rings. The van der Waals surface area contributed by atoms with Crippen LogP contribution in [0.15, 0.2) is 53.1 Å². The van der Waals surface area contributed by atoms with Crippen LogP contribution in [-0.2, 0) is 11.2 Å². The van der Waals surface area contributed by atoms with Crippen molar-refractivity contribution in [3.8, 4) is 5.75 Å². The summed E-state index contributed by atoms with van der Waals surface area (Å²) in [4.78, 5) is 23.6. The molecule has 0 aromatic heterocycles. The number of carboxylic acid groups (broad SMARTS) is 1. The van der Waals surface area contributed by atoms with Gasteiger partial charge in [-0.15, -0.1) is 0 Å². The lowest BCUT2D eigenvalue weighted by atomic mass is 9.89. The Bertz CT molecular complexity index is 918. The van der Waals surface area contributed by atoms with Gasteiger partial charge in [0.15, 0.2) is 5.78 Å². The first-order chi connectivity index (χ1) is 16.0. The number of hydrogen-bond donors (Lipinski definition) is 3. The predicted octanol–water partition coefficient (Wildman–Crippen LogP) is 6.93. The van der Waals surface area contributed by atoms with Crippen LogP contribution in [0.4, 0.5) is 0 Å². The summed E-state index contributed by atoms with van der Waals surface area (Å²) < 4.78 is 0. The molecular formula is C29H42O5. The lowest BCUT2D eigenvalue weighted by Gasteiger charge is -2.22. The van der Waals surface area contributed by atoms with Crippen molar-refractivity contribution in [1.82, 2.24) is 0 Å². The summed E-state index contributed by atoms with van der Waals surface area (Å²) in [7, 11) is 0. The first kappa shape index (κ1) is 29.4. The minimum atomic E-state index is -1.27. The molecule has 1 aromatic rings. The third-order valence-electron chi connectivity index (χ3n) is 6.16. The van der Waals surface area contributed by atoms with Crippen molar-refractivity contribution < 1.29 is 24.9 Å². The van der Waals surface area contributed by atoms with E-state index in [2.05, 4.69) is 26.0 Å². The monoisotopic (exact) mass is 470 g/mol. The van der Waals surface area contributed by atoms with Gasteiger partial charge in [-0.3, -0.25) is 4.79 Å². The van der Waals surface area contributed by atoms with Crippen molar-refractivity contribution in [2.24, 2.45) is 0 Å². The summed E-state index contributed by atoms with van der Waals surface area (Å²) in [5, 5.41) is 29.6. The van der Waals surface area contributed by atoms with Crippen LogP contribution in [0.25, 0.3) is 0 Å². The van der Waals surface area contributed by atoms with E-state index in [1.165, 1.54) is 23.8 Å². The molecule has 1 atom stereocenters. The minimum Gasteiger partial charge on any atom is -0.508 e. The zero-order valence-electron chi connectivity index (χ0n) is 21.5. The number of ketones is 1. The maximum atomic E-state index is 12.5. The van der Waals surface area contributed by atoms with Gasteiger partial charge in [-0.25, -0.2) is 4.79 Å². The molecule has 1 rings (SSSR count). The van der Waals surface area contributed by atoms with Crippen LogP contribution >= 0.6 is 0 Å². The molecule has 5 nitrogen and oxygen atoms in total. The van der Waals surface area contributed by atoms with Gasteiger partial charge in [0.1, 0.15) is 11.4 Å². The highest BCUT2D eigenvalue weighted by molar-refractivity contribution is 5.88. The smallest absolute Gasteiger partial charge is 0.335 e. The molecule has 0 bridgehead atoms. The summed E-state index contributed by atoms with van der Waals surface area (Å²) in [5.41, 5.74) is 3.07. The number of phenolic OH excluding ortho intramolecular Hbond substituents is 1. The molecule has 5 heteroatoms. The Balaban J connectivity index is 2.46. The summed E-state index contributed by atoms with van der Waals surface area (Å²) in [6.07, 6.45) is 12.6. The summed E-state index contributed by atoms with van der Waals surface area (Å²) in [6, 6.07) is 4.30. The number of carbonyl (C=O) groups is 2. The number of phenols is 1. The number of benzene rings is 1. The van der Waals surface area contributed by atoms with Gasteiger partial charge in [-0.05, 0) is 103 Å². The maximum Gasteiger partial charge on any atom is 0.335 e.